The summed E-state index contributed by atoms with van der Waals surface area (Å²) in [7, 11) is 0. The molecule has 0 amide bonds. The highest BCUT2D eigenvalue weighted by Crippen LogP contribution is 2.32. The number of nitrogens with zero attached hydrogens (tertiary/aromatic N) is 2. The molecule has 0 atom stereocenters. The Labute approximate surface area is 113 Å². The number of pyridine rings is 1. The third-order valence-electron chi connectivity index (χ3n) is 2.29. The standard InChI is InChI=1S/C12H13BrN2OS/c1-7(2)5-9-11(15-12(13)17-9)8-3-4-10(16)14-6-8/h3-4,6-7H,5H2,1-2H3,(H,14,16). The fourth-order valence-corrected chi connectivity index (χ4v) is 3.36. The Morgan fingerprint density at radius 3 is 2.76 bits per heavy atom. The zero-order chi connectivity index (χ0) is 12.4. The third kappa shape index (κ3) is 3.04. The van der Waals surface area contributed by atoms with Gasteiger partial charge in [0, 0.05) is 22.7 Å². The van der Waals surface area contributed by atoms with Crippen LogP contribution in [0.3, 0.4) is 0 Å². The van der Waals surface area contributed by atoms with Crippen LogP contribution in [0, 0.1) is 5.92 Å². The van der Waals surface area contributed by atoms with Gasteiger partial charge in [0.1, 0.15) is 0 Å². The van der Waals surface area contributed by atoms with Crippen LogP contribution in [0.5, 0.6) is 5.88 Å². The molecule has 0 aliphatic heterocycles. The van der Waals surface area contributed by atoms with Crippen molar-refractivity contribution in [2.75, 3.05) is 0 Å². The van der Waals surface area contributed by atoms with E-state index >= 15 is 0 Å². The van der Waals surface area contributed by atoms with Gasteiger partial charge in [0.05, 0.1) is 5.69 Å². The van der Waals surface area contributed by atoms with Gasteiger partial charge in [-0.15, -0.1) is 11.3 Å². The predicted octanol–water partition coefficient (Wildman–Crippen LogP) is 3.87. The summed E-state index contributed by atoms with van der Waals surface area (Å²) >= 11 is 5.08. The van der Waals surface area contributed by atoms with E-state index in [1.54, 1.807) is 23.6 Å². The van der Waals surface area contributed by atoms with Crippen LogP contribution in [0.1, 0.15) is 18.7 Å². The maximum absolute atomic E-state index is 9.19. The van der Waals surface area contributed by atoms with Gasteiger partial charge in [-0.1, -0.05) is 13.8 Å². The molecule has 0 saturated carbocycles. The molecule has 0 aromatic carbocycles. The van der Waals surface area contributed by atoms with Crippen LogP contribution in [0.25, 0.3) is 11.3 Å². The highest BCUT2D eigenvalue weighted by Gasteiger charge is 2.13. The van der Waals surface area contributed by atoms with Gasteiger partial charge < -0.3 is 5.11 Å². The van der Waals surface area contributed by atoms with Crippen molar-refractivity contribution in [3.63, 3.8) is 0 Å². The molecule has 0 fully saturated rings. The summed E-state index contributed by atoms with van der Waals surface area (Å²) in [6.45, 7) is 4.37. The average Bonchev–Trinajstić information content (AvgIpc) is 2.59. The SMILES string of the molecule is CC(C)Cc1sc(Br)nc1-c1ccc(O)nc1. The molecular formula is C12H13BrN2OS. The minimum atomic E-state index is 0.0356. The highest BCUT2D eigenvalue weighted by molar-refractivity contribution is 9.11. The summed E-state index contributed by atoms with van der Waals surface area (Å²) < 4.78 is 0.885. The van der Waals surface area contributed by atoms with Crippen LogP contribution in [0.15, 0.2) is 22.2 Å². The van der Waals surface area contributed by atoms with E-state index in [2.05, 4.69) is 39.7 Å². The fraction of sp³-hybridized carbons (Fsp3) is 0.333. The smallest absolute Gasteiger partial charge is 0.210 e. The van der Waals surface area contributed by atoms with Gasteiger partial charge in [-0.3, -0.25) is 0 Å². The monoisotopic (exact) mass is 312 g/mol. The number of aromatic nitrogens is 2. The lowest BCUT2D eigenvalue weighted by Gasteiger charge is -2.04. The predicted molar refractivity (Wildman–Crippen MR) is 73.3 cm³/mol. The first-order chi connectivity index (χ1) is 8.06. The van der Waals surface area contributed by atoms with Crippen molar-refractivity contribution < 1.29 is 5.11 Å². The summed E-state index contributed by atoms with van der Waals surface area (Å²) in [5.74, 6) is 0.625. The number of halogens is 1. The number of hydrogen-bond acceptors (Lipinski definition) is 4. The number of rotatable bonds is 3. The fourth-order valence-electron chi connectivity index (χ4n) is 1.58. The summed E-state index contributed by atoms with van der Waals surface area (Å²) in [6.07, 6.45) is 2.65. The molecule has 5 heteroatoms. The van der Waals surface area contributed by atoms with E-state index in [4.69, 9.17) is 0 Å². The van der Waals surface area contributed by atoms with E-state index in [-0.39, 0.29) is 5.88 Å². The van der Waals surface area contributed by atoms with E-state index in [0.717, 1.165) is 21.6 Å². The van der Waals surface area contributed by atoms with E-state index in [1.807, 2.05) is 6.07 Å². The van der Waals surface area contributed by atoms with E-state index in [0.29, 0.717) is 5.92 Å². The summed E-state index contributed by atoms with van der Waals surface area (Å²) in [6, 6.07) is 3.43. The molecule has 90 valence electrons. The summed E-state index contributed by atoms with van der Waals surface area (Å²) in [5, 5.41) is 9.19. The van der Waals surface area contributed by atoms with Crippen LogP contribution in [-0.2, 0) is 6.42 Å². The molecule has 2 aromatic rings. The zero-order valence-corrected chi connectivity index (χ0v) is 12.0. The van der Waals surface area contributed by atoms with Gasteiger partial charge in [-0.25, -0.2) is 9.97 Å². The molecule has 0 radical (unpaired) electrons. The van der Waals surface area contributed by atoms with Crippen molar-refractivity contribution >= 4 is 27.3 Å². The Balaban J connectivity index is 2.40. The Morgan fingerprint density at radius 2 is 2.18 bits per heavy atom. The van der Waals surface area contributed by atoms with E-state index in [9.17, 15) is 5.11 Å². The van der Waals surface area contributed by atoms with Crippen LogP contribution >= 0.6 is 27.3 Å². The second-order valence-electron chi connectivity index (χ2n) is 4.24. The van der Waals surface area contributed by atoms with Crippen molar-refractivity contribution in [1.82, 2.24) is 9.97 Å². The third-order valence-corrected chi connectivity index (χ3v) is 3.82. The number of hydrogen-bond donors (Lipinski definition) is 1. The lowest BCUT2D eigenvalue weighted by molar-refractivity contribution is 0.453. The van der Waals surface area contributed by atoms with Crippen molar-refractivity contribution in [1.29, 1.82) is 0 Å². The maximum Gasteiger partial charge on any atom is 0.210 e. The second-order valence-corrected chi connectivity index (χ2v) is 6.60. The van der Waals surface area contributed by atoms with Crippen LogP contribution < -0.4 is 0 Å². The molecule has 0 aliphatic carbocycles. The highest BCUT2D eigenvalue weighted by atomic mass is 79.9. The van der Waals surface area contributed by atoms with Gasteiger partial charge in [0.2, 0.25) is 5.88 Å². The Hall–Kier alpha value is -0.940. The average molecular weight is 313 g/mol. The molecular weight excluding hydrogens is 300 g/mol. The van der Waals surface area contributed by atoms with Crippen molar-refractivity contribution in [2.24, 2.45) is 5.92 Å². The summed E-state index contributed by atoms with van der Waals surface area (Å²) in [5.41, 5.74) is 1.91. The molecule has 0 bridgehead atoms. The van der Waals surface area contributed by atoms with Gasteiger partial charge in [-0.2, -0.15) is 0 Å². The van der Waals surface area contributed by atoms with Crippen molar-refractivity contribution in [3.8, 4) is 17.1 Å². The first-order valence-corrected chi connectivity index (χ1v) is 6.98. The molecule has 1 N–H and O–H groups in total. The molecule has 0 saturated heterocycles. The number of aromatic hydroxyl groups is 1. The minimum Gasteiger partial charge on any atom is -0.493 e. The first-order valence-electron chi connectivity index (χ1n) is 5.37. The van der Waals surface area contributed by atoms with Gasteiger partial charge in [0.15, 0.2) is 3.92 Å². The van der Waals surface area contributed by atoms with Crippen molar-refractivity contribution in [3.05, 3.63) is 27.1 Å². The van der Waals surface area contributed by atoms with Crippen molar-refractivity contribution in [2.45, 2.75) is 20.3 Å². The van der Waals surface area contributed by atoms with Crippen LogP contribution in [0.4, 0.5) is 0 Å². The molecule has 17 heavy (non-hydrogen) atoms. The first kappa shape index (κ1) is 12.5. The molecule has 0 spiro atoms. The lowest BCUT2D eigenvalue weighted by Crippen LogP contribution is -1.94. The van der Waals surface area contributed by atoms with E-state index in [1.165, 1.54) is 4.88 Å². The maximum atomic E-state index is 9.19. The topological polar surface area (TPSA) is 46.0 Å². The van der Waals surface area contributed by atoms with Gasteiger partial charge >= 0.3 is 0 Å². The quantitative estimate of drug-likeness (QED) is 0.935. The summed E-state index contributed by atoms with van der Waals surface area (Å²) in [4.78, 5) is 9.62. The molecule has 0 aliphatic rings. The molecule has 0 unspecified atom stereocenters. The van der Waals surface area contributed by atoms with E-state index < -0.39 is 0 Å². The lowest BCUT2D eigenvalue weighted by atomic mass is 10.1. The Morgan fingerprint density at radius 1 is 1.41 bits per heavy atom. The molecule has 2 rings (SSSR count). The number of thiazole rings is 1. The second kappa shape index (κ2) is 5.14. The molecule has 3 nitrogen and oxygen atoms in total. The minimum absolute atomic E-state index is 0.0356. The van der Waals surface area contributed by atoms with Gasteiger partial charge in [-0.05, 0) is 34.3 Å². The normalized spacial score (nSPS) is 11.1. The molecule has 2 aromatic heterocycles. The molecule has 2 heterocycles. The largest absolute Gasteiger partial charge is 0.493 e. The van der Waals surface area contributed by atoms with Crippen LogP contribution in [-0.4, -0.2) is 15.1 Å². The zero-order valence-electron chi connectivity index (χ0n) is 9.64. The Kier molecular flexibility index (Phi) is 3.79. The van der Waals surface area contributed by atoms with Crippen LogP contribution in [0.2, 0.25) is 0 Å². The Bertz CT molecular complexity index is 508. The van der Waals surface area contributed by atoms with Gasteiger partial charge in [0.25, 0.3) is 0 Å².